The van der Waals surface area contributed by atoms with E-state index in [1.54, 1.807) is 0 Å². The highest BCUT2D eigenvalue weighted by molar-refractivity contribution is 6.08. The highest BCUT2D eigenvalue weighted by atomic mass is 16.3. The molecule has 0 aromatic heterocycles. The number of aliphatic hydroxyl groups is 1. The van der Waals surface area contributed by atoms with Crippen molar-refractivity contribution >= 4 is 7.85 Å². The Bertz CT molecular complexity index is 26.7. The van der Waals surface area contributed by atoms with Crippen LogP contribution in [0.25, 0.3) is 0 Å². The van der Waals surface area contributed by atoms with Crippen LogP contribution >= 0.6 is 0 Å². The van der Waals surface area contributed by atoms with Crippen LogP contribution in [0.2, 0.25) is 6.32 Å². The van der Waals surface area contributed by atoms with Crippen molar-refractivity contribution in [3.8, 4) is 0 Å². The summed E-state index contributed by atoms with van der Waals surface area (Å²) in [6.07, 6.45) is 1.08. The summed E-state index contributed by atoms with van der Waals surface area (Å²) in [7, 11) is 2.07. The summed E-state index contributed by atoms with van der Waals surface area (Å²) in [6, 6.07) is 0. The highest BCUT2D eigenvalue weighted by Gasteiger charge is 1.90. The summed E-state index contributed by atoms with van der Waals surface area (Å²) in [4.78, 5) is 0. The van der Waals surface area contributed by atoms with Crippen molar-refractivity contribution in [3.63, 3.8) is 0 Å². The first-order valence-corrected chi connectivity index (χ1v) is 2.42. The van der Waals surface area contributed by atoms with E-state index in [-0.39, 0.29) is 0 Å². The fourth-order valence-corrected chi connectivity index (χ4v) is 0.129. The molecule has 0 bridgehead atoms. The van der Waals surface area contributed by atoms with Crippen molar-refractivity contribution in [2.24, 2.45) is 5.92 Å². The molecule has 0 spiro atoms. The molecule has 6 heavy (non-hydrogen) atoms. The zero-order valence-corrected chi connectivity index (χ0v) is 4.44. The lowest BCUT2D eigenvalue weighted by Crippen LogP contribution is -1.97. The number of hydrogen-bond acceptors (Lipinski definition) is 1. The Morgan fingerprint density at radius 1 is 1.83 bits per heavy atom. The fraction of sp³-hybridized carbons (Fsp3) is 1.00. The zero-order valence-electron chi connectivity index (χ0n) is 4.44. The number of aliphatic hydroxyl groups excluding tert-OH is 1. The third-order valence-corrected chi connectivity index (χ3v) is 1.01. The van der Waals surface area contributed by atoms with Crippen molar-refractivity contribution in [1.29, 1.82) is 0 Å². The molecule has 0 saturated heterocycles. The van der Waals surface area contributed by atoms with E-state index in [9.17, 15) is 0 Å². The number of rotatable bonds is 2. The average molecular weight is 85.9 g/mol. The van der Waals surface area contributed by atoms with Gasteiger partial charge in [0.05, 0.1) is 0 Å². The zero-order chi connectivity index (χ0) is 4.99. The molecule has 0 aliphatic heterocycles. The fourth-order valence-electron chi connectivity index (χ4n) is 0.129. The Labute approximate surface area is 39.8 Å². The number of hydrogen-bond donors (Lipinski definition) is 1. The smallest absolute Gasteiger partial charge is 0.101 e. The Morgan fingerprint density at radius 2 is 2.33 bits per heavy atom. The lowest BCUT2D eigenvalue weighted by Gasteiger charge is -1.97. The molecule has 0 rings (SSSR count). The van der Waals surface area contributed by atoms with Crippen LogP contribution in [-0.4, -0.2) is 19.6 Å². The van der Waals surface area contributed by atoms with Gasteiger partial charge in [0.1, 0.15) is 7.85 Å². The van der Waals surface area contributed by atoms with Crippen LogP contribution in [0.5, 0.6) is 0 Å². The quantitative estimate of drug-likeness (QED) is 0.456. The van der Waals surface area contributed by atoms with Crippen LogP contribution in [0.15, 0.2) is 0 Å². The van der Waals surface area contributed by atoms with Gasteiger partial charge in [0, 0.05) is 6.61 Å². The van der Waals surface area contributed by atoms with Gasteiger partial charge >= 0.3 is 0 Å². The van der Waals surface area contributed by atoms with Gasteiger partial charge in [-0.3, -0.25) is 0 Å². The molecule has 0 aromatic rings. The predicted octanol–water partition coefficient (Wildman–Crippen LogP) is -0.334. The van der Waals surface area contributed by atoms with E-state index in [2.05, 4.69) is 7.85 Å². The molecule has 1 nitrogen and oxygen atoms in total. The molecule has 0 saturated carbocycles. The molecule has 0 radical (unpaired) electrons. The summed E-state index contributed by atoms with van der Waals surface area (Å²) in [5, 5.41) is 8.33. The SMILES string of the molecule is BC[C@H](C)CO. The summed E-state index contributed by atoms with van der Waals surface area (Å²) in [5.41, 5.74) is 0. The largest absolute Gasteiger partial charge is 0.396 e. The van der Waals surface area contributed by atoms with Crippen LogP contribution < -0.4 is 0 Å². The molecule has 1 atom stereocenters. The maximum atomic E-state index is 8.33. The molecule has 36 valence electrons. The molecular weight excluding hydrogens is 74.9 g/mol. The predicted molar refractivity (Wildman–Crippen MR) is 29.6 cm³/mol. The van der Waals surface area contributed by atoms with Gasteiger partial charge in [0.15, 0.2) is 0 Å². The third-order valence-electron chi connectivity index (χ3n) is 1.01. The van der Waals surface area contributed by atoms with Crippen molar-refractivity contribution in [2.75, 3.05) is 6.61 Å². The summed E-state index contributed by atoms with van der Waals surface area (Å²) in [6.45, 7) is 2.36. The van der Waals surface area contributed by atoms with Crippen LogP contribution in [0.4, 0.5) is 0 Å². The molecular formula is C4H11BO. The van der Waals surface area contributed by atoms with E-state index in [1.165, 1.54) is 0 Å². The second-order valence-electron chi connectivity index (χ2n) is 1.70. The van der Waals surface area contributed by atoms with Gasteiger partial charge < -0.3 is 5.11 Å². The first-order valence-electron chi connectivity index (χ1n) is 2.42. The standard InChI is InChI=1S/C4H11BO/c1-4(2-5)3-6/h4,6H,2-3,5H2,1H3/t4-/m0/s1. The molecule has 0 unspecified atom stereocenters. The molecule has 0 heterocycles. The minimum absolute atomic E-state index is 0.330. The topological polar surface area (TPSA) is 20.2 Å². The van der Waals surface area contributed by atoms with Crippen LogP contribution in [0.3, 0.4) is 0 Å². The van der Waals surface area contributed by atoms with E-state index >= 15 is 0 Å². The second-order valence-corrected chi connectivity index (χ2v) is 1.70. The molecule has 0 fully saturated rings. The maximum absolute atomic E-state index is 8.33. The minimum Gasteiger partial charge on any atom is -0.396 e. The summed E-state index contributed by atoms with van der Waals surface area (Å²) < 4.78 is 0. The Balaban J connectivity index is 2.75. The first kappa shape index (κ1) is 6.02. The normalized spacial score (nSPS) is 14.3. The van der Waals surface area contributed by atoms with Gasteiger partial charge in [-0.25, -0.2) is 0 Å². The van der Waals surface area contributed by atoms with Crippen molar-refractivity contribution in [3.05, 3.63) is 0 Å². The van der Waals surface area contributed by atoms with Gasteiger partial charge in [-0.1, -0.05) is 13.2 Å². The van der Waals surface area contributed by atoms with Crippen molar-refractivity contribution in [1.82, 2.24) is 0 Å². The lowest BCUT2D eigenvalue weighted by molar-refractivity contribution is 0.248. The molecule has 2 heteroatoms. The van der Waals surface area contributed by atoms with E-state index in [0.29, 0.717) is 12.5 Å². The van der Waals surface area contributed by atoms with Crippen LogP contribution in [0, 0.1) is 5.92 Å². The second kappa shape index (κ2) is 3.22. The Kier molecular flexibility index (Phi) is 3.24. The lowest BCUT2D eigenvalue weighted by atomic mass is 9.94. The summed E-state index contributed by atoms with van der Waals surface area (Å²) >= 11 is 0. The van der Waals surface area contributed by atoms with Crippen LogP contribution in [0.1, 0.15) is 6.92 Å². The van der Waals surface area contributed by atoms with Gasteiger partial charge in [0.25, 0.3) is 0 Å². The molecule has 1 N–H and O–H groups in total. The van der Waals surface area contributed by atoms with Gasteiger partial charge in [-0.2, -0.15) is 0 Å². The van der Waals surface area contributed by atoms with Crippen molar-refractivity contribution in [2.45, 2.75) is 13.2 Å². The molecule has 0 aliphatic carbocycles. The molecule has 0 amide bonds. The highest BCUT2D eigenvalue weighted by Crippen LogP contribution is 1.93. The average Bonchev–Trinajstić information content (AvgIpc) is 1.65. The van der Waals surface area contributed by atoms with Crippen molar-refractivity contribution < 1.29 is 5.11 Å². The Morgan fingerprint density at radius 3 is 2.33 bits per heavy atom. The summed E-state index contributed by atoms with van der Waals surface area (Å²) in [5.74, 6) is 0.491. The molecule has 0 aromatic carbocycles. The van der Waals surface area contributed by atoms with Crippen LogP contribution in [-0.2, 0) is 0 Å². The van der Waals surface area contributed by atoms with E-state index < -0.39 is 0 Å². The monoisotopic (exact) mass is 86.1 g/mol. The van der Waals surface area contributed by atoms with E-state index in [1.807, 2.05) is 6.92 Å². The van der Waals surface area contributed by atoms with E-state index in [0.717, 1.165) is 6.32 Å². The third kappa shape index (κ3) is 2.27. The van der Waals surface area contributed by atoms with E-state index in [4.69, 9.17) is 5.11 Å². The minimum atomic E-state index is 0.330. The maximum Gasteiger partial charge on any atom is 0.101 e. The van der Waals surface area contributed by atoms with Gasteiger partial charge in [0.2, 0.25) is 0 Å². The first-order chi connectivity index (χ1) is 2.81. The van der Waals surface area contributed by atoms with Gasteiger partial charge in [-0.15, -0.1) is 0 Å². The van der Waals surface area contributed by atoms with Gasteiger partial charge in [-0.05, 0) is 5.92 Å². The Hall–Kier alpha value is 0.0249. The molecule has 0 aliphatic rings.